The van der Waals surface area contributed by atoms with Crippen molar-refractivity contribution in [1.82, 2.24) is 0 Å². The number of allylic oxidation sites excluding steroid dienone is 2. The van der Waals surface area contributed by atoms with Crippen molar-refractivity contribution in [1.29, 1.82) is 10.5 Å². The van der Waals surface area contributed by atoms with Crippen molar-refractivity contribution >= 4 is 35.2 Å². The van der Waals surface area contributed by atoms with E-state index in [2.05, 4.69) is 25.3 Å². The van der Waals surface area contributed by atoms with Crippen LogP contribution in [-0.2, 0) is 23.8 Å². The summed E-state index contributed by atoms with van der Waals surface area (Å²) in [6, 6.07) is 25.7. The molecule has 0 radical (unpaired) electrons. The Kier molecular flexibility index (Phi) is 21.6. The van der Waals surface area contributed by atoms with Gasteiger partial charge in [-0.3, -0.25) is 0 Å². The van der Waals surface area contributed by atoms with E-state index in [-0.39, 0.29) is 33.0 Å². The zero-order valence-electron chi connectivity index (χ0n) is 37.9. The van der Waals surface area contributed by atoms with Crippen LogP contribution >= 0.6 is 0 Å². The number of benzene rings is 4. The molecule has 0 atom stereocenters. The van der Waals surface area contributed by atoms with Crippen molar-refractivity contribution in [2.45, 2.75) is 13.8 Å². The first kappa shape index (κ1) is 51.5. The molecule has 0 aromatic heterocycles. The number of rotatable bonds is 23. The number of hydrogen-bond donors (Lipinski definition) is 0. The minimum atomic E-state index is -0.463. The SMILES string of the molecule is C=C(C)C(=O)OCCOCCOc1ccc(C=C(C#N)c2ccc(OC)c(OC)c2)cc1OC.C=C(C)C(=O)OCCOc1ccc(C=C(C#N)c2ccc(OC)c(OC)c2)cc1OC. The molecule has 0 unspecified atom stereocenters. The zero-order valence-corrected chi connectivity index (χ0v) is 37.9. The summed E-state index contributed by atoms with van der Waals surface area (Å²) in [5, 5.41) is 19.3. The van der Waals surface area contributed by atoms with Gasteiger partial charge < -0.3 is 52.1 Å². The molecule has 15 heteroatoms. The first-order chi connectivity index (χ1) is 31.4. The molecule has 0 amide bonds. The summed E-state index contributed by atoms with van der Waals surface area (Å²) in [4.78, 5) is 22.7. The Morgan fingerprint density at radius 3 is 1.18 bits per heavy atom. The molecule has 0 spiro atoms. The van der Waals surface area contributed by atoms with Crippen LogP contribution in [0.4, 0.5) is 0 Å². The Labute approximate surface area is 380 Å². The van der Waals surface area contributed by atoms with Crippen molar-refractivity contribution in [3.05, 3.63) is 119 Å². The van der Waals surface area contributed by atoms with Crippen molar-refractivity contribution in [2.75, 3.05) is 82.3 Å². The average molecular weight is 891 g/mol. The predicted molar refractivity (Wildman–Crippen MR) is 245 cm³/mol. The van der Waals surface area contributed by atoms with E-state index in [0.29, 0.717) is 86.0 Å². The van der Waals surface area contributed by atoms with E-state index in [1.165, 1.54) is 7.11 Å². The van der Waals surface area contributed by atoms with Crippen LogP contribution < -0.4 is 37.9 Å². The fourth-order valence-electron chi connectivity index (χ4n) is 5.53. The zero-order chi connectivity index (χ0) is 47.7. The van der Waals surface area contributed by atoms with Crippen LogP contribution in [0.25, 0.3) is 23.3 Å². The quantitative estimate of drug-likeness (QED) is 0.0227. The molecule has 4 rings (SSSR count). The molecule has 0 saturated heterocycles. The lowest BCUT2D eigenvalue weighted by Gasteiger charge is -2.12. The molecule has 0 aliphatic heterocycles. The second-order valence-electron chi connectivity index (χ2n) is 13.4. The highest BCUT2D eigenvalue weighted by atomic mass is 16.6. The second kappa shape index (κ2) is 27.2. The Morgan fingerprint density at radius 2 is 0.815 bits per heavy atom. The van der Waals surface area contributed by atoms with Crippen molar-refractivity contribution < 1.29 is 61.7 Å². The van der Waals surface area contributed by atoms with Crippen LogP contribution in [-0.4, -0.2) is 94.2 Å². The van der Waals surface area contributed by atoms with Gasteiger partial charge >= 0.3 is 11.9 Å². The topological polar surface area (TPSA) is 183 Å². The van der Waals surface area contributed by atoms with E-state index in [4.69, 9.17) is 52.1 Å². The van der Waals surface area contributed by atoms with Crippen LogP contribution in [0.3, 0.4) is 0 Å². The number of nitrogens with zero attached hydrogens (tertiary/aromatic N) is 2. The Balaban J connectivity index is 0.000000347. The summed E-state index contributed by atoms with van der Waals surface area (Å²) in [6.45, 7) is 11.5. The van der Waals surface area contributed by atoms with E-state index in [1.807, 2.05) is 6.07 Å². The number of ether oxygens (including phenoxy) is 11. The standard InChI is InChI=1S/C26H29NO7.C24H25NO6/c1-18(2)26(28)34-13-11-32-10-12-33-23-8-6-19(15-24(23)30-4)14-21(17-27)20-7-9-22(29-3)25(16-20)31-5;1-16(2)24(26)31-11-10-30-21-8-6-17(13-22(21)28-4)12-19(15-25)18-7-9-20(27-3)23(14-18)29-5/h6-9,14-16H,1,10-13H2,2-5H3;6-9,12-14H,1,10-11H2,2-5H3. The number of hydrogen-bond acceptors (Lipinski definition) is 15. The Morgan fingerprint density at radius 1 is 0.477 bits per heavy atom. The molecule has 0 aliphatic rings. The van der Waals surface area contributed by atoms with Gasteiger partial charge in [-0.05, 0) is 109 Å². The molecule has 0 fully saturated rings. The van der Waals surface area contributed by atoms with Gasteiger partial charge in [0.05, 0.1) is 79.2 Å². The van der Waals surface area contributed by atoms with Gasteiger partial charge in [-0.25, -0.2) is 9.59 Å². The smallest absolute Gasteiger partial charge is 0.333 e. The lowest BCUT2D eigenvalue weighted by molar-refractivity contribution is -0.141. The van der Waals surface area contributed by atoms with Crippen molar-refractivity contribution in [3.8, 4) is 58.1 Å². The largest absolute Gasteiger partial charge is 0.493 e. The van der Waals surface area contributed by atoms with Gasteiger partial charge in [-0.15, -0.1) is 0 Å². The average Bonchev–Trinajstić information content (AvgIpc) is 3.33. The highest BCUT2D eigenvalue weighted by Gasteiger charge is 2.13. The van der Waals surface area contributed by atoms with Crippen LogP contribution in [0.15, 0.2) is 97.1 Å². The van der Waals surface area contributed by atoms with Gasteiger partial charge in [0, 0.05) is 11.1 Å². The summed E-state index contributed by atoms with van der Waals surface area (Å²) >= 11 is 0. The van der Waals surface area contributed by atoms with E-state index >= 15 is 0 Å². The monoisotopic (exact) mass is 890 g/mol. The van der Waals surface area contributed by atoms with Crippen LogP contribution in [0.5, 0.6) is 46.0 Å². The molecule has 342 valence electrons. The summed E-state index contributed by atoms with van der Waals surface area (Å²) in [5.74, 6) is 3.40. The lowest BCUT2D eigenvalue weighted by Crippen LogP contribution is -2.14. The van der Waals surface area contributed by atoms with E-state index < -0.39 is 11.9 Å². The maximum atomic E-state index is 11.4. The van der Waals surface area contributed by atoms with E-state index in [1.54, 1.807) is 128 Å². The second-order valence-corrected chi connectivity index (χ2v) is 13.4. The van der Waals surface area contributed by atoms with Gasteiger partial charge in [-0.2, -0.15) is 10.5 Å². The minimum Gasteiger partial charge on any atom is -0.493 e. The summed E-state index contributed by atoms with van der Waals surface area (Å²) in [6.07, 6.45) is 3.49. The molecule has 0 aliphatic carbocycles. The number of carbonyl (C=O) groups is 2. The molecule has 4 aromatic carbocycles. The molecular weight excluding hydrogens is 837 g/mol. The van der Waals surface area contributed by atoms with Gasteiger partial charge in [0.2, 0.25) is 0 Å². The molecule has 0 saturated carbocycles. The third-order valence-electron chi connectivity index (χ3n) is 8.84. The minimum absolute atomic E-state index is 0.0917. The highest BCUT2D eigenvalue weighted by molar-refractivity contribution is 5.91. The molecule has 15 nitrogen and oxygen atoms in total. The van der Waals surface area contributed by atoms with Crippen LogP contribution in [0.2, 0.25) is 0 Å². The van der Waals surface area contributed by atoms with Crippen LogP contribution in [0.1, 0.15) is 36.1 Å². The maximum absolute atomic E-state index is 11.4. The maximum Gasteiger partial charge on any atom is 0.333 e. The third-order valence-corrected chi connectivity index (χ3v) is 8.84. The summed E-state index contributed by atoms with van der Waals surface area (Å²) < 4.78 is 58.7. The van der Waals surface area contributed by atoms with E-state index in [0.717, 1.165) is 11.1 Å². The van der Waals surface area contributed by atoms with Crippen LogP contribution in [0, 0.1) is 22.7 Å². The number of esters is 2. The predicted octanol–water partition coefficient (Wildman–Crippen LogP) is 8.57. The number of nitriles is 2. The number of carbonyl (C=O) groups excluding carboxylic acids is 2. The van der Waals surface area contributed by atoms with Gasteiger partial charge in [0.15, 0.2) is 46.0 Å². The summed E-state index contributed by atoms with van der Waals surface area (Å²) in [7, 11) is 9.27. The fourth-order valence-corrected chi connectivity index (χ4v) is 5.53. The summed E-state index contributed by atoms with van der Waals surface area (Å²) in [5.41, 5.74) is 4.50. The molecule has 4 aromatic rings. The third kappa shape index (κ3) is 16.1. The van der Waals surface area contributed by atoms with Crippen molar-refractivity contribution in [2.24, 2.45) is 0 Å². The normalized spacial score (nSPS) is 10.7. The fraction of sp³-hybridized carbons (Fsp3) is 0.280. The van der Waals surface area contributed by atoms with Gasteiger partial charge in [-0.1, -0.05) is 25.3 Å². The number of methoxy groups -OCH3 is 6. The first-order valence-electron chi connectivity index (χ1n) is 19.9. The molecule has 65 heavy (non-hydrogen) atoms. The molecular formula is C50H54N2O13. The lowest BCUT2D eigenvalue weighted by atomic mass is 10.0. The van der Waals surface area contributed by atoms with Gasteiger partial charge in [0.1, 0.15) is 26.4 Å². The highest BCUT2D eigenvalue weighted by Crippen LogP contribution is 2.35. The Hall–Kier alpha value is -7.88. The van der Waals surface area contributed by atoms with Crippen molar-refractivity contribution in [3.63, 3.8) is 0 Å². The first-order valence-corrected chi connectivity index (χ1v) is 19.9. The molecule has 0 N–H and O–H groups in total. The Bertz CT molecular complexity index is 2420. The van der Waals surface area contributed by atoms with E-state index in [9.17, 15) is 20.1 Å². The molecule has 0 bridgehead atoms. The van der Waals surface area contributed by atoms with Gasteiger partial charge in [0.25, 0.3) is 0 Å². The molecule has 0 heterocycles.